The highest BCUT2D eigenvalue weighted by Crippen LogP contribution is 2.19. The minimum absolute atomic E-state index is 0.0815. The number of anilines is 2. The smallest absolute Gasteiger partial charge is 0.149 e. The standard InChI is InChI=1S/C8H17N5/c1-6(9)5-13-8(12(2)3)7(10)4-11-13/h4,6H,5,9-10H2,1-3H3. The minimum atomic E-state index is 0.0815. The first-order chi connectivity index (χ1) is 6.02. The summed E-state index contributed by atoms with van der Waals surface area (Å²) in [7, 11) is 3.87. The first-order valence-corrected chi connectivity index (χ1v) is 4.26. The summed E-state index contributed by atoms with van der Waals surface area (Å²) in [4.78, 5) is 1.94. The molecule has 0 bridgehead atoms. The molecule has 0 fully saturated rings. The Bertz CT molecular complexity index is 276. The maximum atomic E-state index is 5.75. The van der Waals surface area contributed by atoms with Gasteiger partial charge >= 0.3 is 0 Å². The lowest BCUT2D eigenvalue weighted by Crippen LogP contribution is -2.25. The van der Waals surface area contributed by atoms with E-state index in [0.29, 0.717) is 12.2 Å². The molecule has 5 nitrogen and oxygen atoms in total. The molecule has 13 heavy (non-hydrogen) atoms. The normalized spacial score (nSPS) is 12.9. The van der Waals surface area contributed by atoms with Crippen molar-refractivity contribution < 1.29 is 0 Å². The molecule has 1 heterocycles. The molecule has 1 aromatic heterocycles. The Morgan fingerprint density at radius 1 is 1.62 bits per heavy atom. The third-order valence-corrected chi connectivity index (χ3v) is 1.72. The summed E-state index contributed by atoms with van der Waals surface area (Å²) in [5.74, 6) is 0.914. The summed E-state index contributed by atoms with van der Waals surface area (Å²) >= 11 is 0. The number of hydrogen-bond donors (Lipinski definition) is 2. The van der Waals surface area contributed by atoms with E-state index in [2.05, 4.69) is 5.10 Å². The summed E-state index contributed by atoms with van der Waals surface area (Å²) in [5.41, 5.74) is 12.1. The number of nitrogen functional groups attached to an aromatic ring is 1. The zero-order chi connectivity index (χ0) is 10.0. The van der Waals surface area contributed by atoms with Crippen molar-refractivity contribution in [3.63, 3.8) is 0 Å². The molecule has 1 aromatic rings. The maximum Gasteiger partial charge on any atom is 0.149 e. The second-order valence-electron chi connectivity index (χ2n) is 3.48. The van der Waals surface area contributed by atoms with E-state index in [1.54, 1.807) is 6.20 Å². The highest BCUT2D eigenvalue weighted by Gasteiger charge is 2.10. The molecule has 0 saturated carbocycles. The number of aromatic nitrogens is 2. The van der Waals surface area contributed by atoms with Gasteiger partial charge in [0.2, 0.25) is 0 Å². The van der Waals surface area contributed by atoms with Crippen molar-refractivity contribution in [2.75, 3.05) is 24.7 Å². The molecule has 0 aromatic carbocycles. The number of nitrogens with two attached hydrogens (primary N) is 2. The monoisotopic (exact) mass is 183 g/mol. The van der Waals surface area contributed by atoms with Gasteiger partial charge in [0.05, 0.1) is 18.4 Å². The van der Waals surface area contributed by atoms with E-state index in [1.807, 2.05) is 30.6 Å². The molecule has 1 unspecified atom stereocenters. The lowest BCUT2D eigenvalue weighted by Gasteiger charge is -2.16. The molecule has 4 N–H and O–H groups in total. The zero-order valence-electron chi connectivity index (χ0n) is 8.36. The van der Waals surface area contributed by atoms with Crippen molar-refractivity contribution in [1.29, 1.82) is 0 Å². The Balaban J connectivity index is 2.94. The van der Waals surface area contributed by atoms with Gasteiger partial charge in [0.15, 0.2) is 0 Å². The molecule has 0 radical (unpaired) electrons. The first kappa shape index (κ1) is 9.85. The van der Waals surface area contributed by atoms with E-state index < -0.39 is 0 Å². The second-order valence-corrected chi connectivity index (χ2v) is 3.48. The molecule has 74 valence electrons. The molecule has 1 rings (SSSR count). The van der Waals surface area contributed by atoms with Crippen molar-refractivity contribution >= 4 is 11.5 Å². The van der Waals surface area contributed by atoms with Crippen LogP contribution >= 0.6 is 0 Å². The van der Waals surface area contributed by atoms with Crippen molar-refractivity contribution in [1.82, 2.24) is 9.78 Å². The fraction of sp³-hybridized carbons (Fsp3) is 0.625. The molecular formula is C8H17N5. The van der Waals surface area contributed by atoms with E-state index in [-0.39, 0.29) is 6.04 Å². The van der Waals surface area contributed by atoms with E-state index in [4.69, 9.17) is 11.5 Å². The maximum absolute atomic E-state index is 5.75. The van der Waals surface area contributed by atoms with Crippen LogP contribution in [0.3, 0.4) is 0 Å². The van der Waals surface area contributed by atoms with Crippen LogP contribution in [-0.4, -0.2) is 29.9 Å². The van der Waals surface area contributed by atoms with Crippen molar-refractivity contribution in [3.8, 4) is 0 Å². The van der Waals surface area contributed by atoms with E-state index in [0.717, 1.165) is 5.82 Å². The van der Waals surface area contributed by atoms with Gasteiger partial charge in [0.1, 0.15) is 5.82 Å². The third kappa shape index (κ3) is 2.12. The van der Waals surface area contributed by atoms with Crippen LogP contribution in [0.4, 0.5) is 11.5 Å². The topological polar surface area (TPSA) is 73.1 Å². The zero-order valence-corrected chi connectivity index (χ0v) is 8.36. The van der Waals surface area contributed by atoms with Gasteiger partial charge in [-0.1, -0.05) is 0 Å². The Hall–Kier alpha value is -1.23. The van der Waals surface area contributed by atoms with Crippen LogP contribution in [0.1, 0.15) is 6.92 Å². The number of rotatable bonds is 3. The molecule has 0 spiro atoms. The van der Waals surface area contributed by atoms with Crippen LogP contribution in [0.15, 0.2) is 6.20 Å². The van der Waals surface area contributed by atoms with Gasteiger partial charge in [-0.2, -0.15) is 5.10 Å². The van der Waals surface area contributed by atoms with Gasteiger partial charge in [-0.05, 0) is 6.92 Å². The van der Waals surface area contributed by atoms with E-state index in [1.165, 1.54) is 0 Å². The second kappa shape index (κ2) is 3.66. The van der Waals surface area contributed by atoms with E-state index in [9.17, 15) is 0 Å². The van der Waals surface area contributed by atoms with Crippen LogP contribution in [0.25, 0.3) is 0 Å². The predicted octanol–water partition coefficient (Wildman–Crippen LogP) is -0.121. The molecule has 1 atom stereocenters. The SMILES string of the molecule is CC(N)Cn1ncc(N)c1N(C)C. The summed E-state index contributed by atoms with van der Waals surface area (Å²) in [6.45, 7) is 2.63. The fourth-order valence-electron chi connectivity index (χ4n) is 1.29. The molecule has 0 saturated heterocycles. The Labute approximate surface area is 78.3 Å². The van der Waals surface area contributed by atoms with Gasteiger partial charge in [-0.3, -0.25) is 0 Å². The van der Waals surface area contributed by atoms with Crippen LogP contribution in [0.5, 0.6) is 0 Å². The quantitative estimate of drug-likeness (QED) is 0.685. The summed E-state index contributed by atoms with van der Waals surface area (Å²) < 4.78 is 1.82. The Morgan fingerprint density at radius 3 is 2.69 bits per heavy atom. The first-order valence-electron chi connectivity index (χ1n) is 4.26. The summed E-state index contributed by atoms with van der Waals surface area (Å²) in [6, 6.07) is 0.0815. The van der Waals surface area contributed by atoms with Gasteiger partial charge < -0.3 is 16.4 Å². The lowest BCUT2D eigenvalue weighted by molar-refractivity contribution is 0.538. The average molecular weight is 183 g/mol. The van der Waals surface area contributed by atoms with Crippen LogP contribution in [-0.2, 0) is 6.54 Å². The number of nitrogens with zero attached hydrogens (tertiary/aromatic N) is 3. The van der Waals surface area contributed by atoms with Crippen molar-refractivity contribution in [2.45, 2.75) is 19.5 Å². The Kier molecular flexibility index (Phi) is 2.77. The van der Waals surface area contributed by atoms with Gasteiger partial charge in [-0.25, -0.2) is 4.68 Å². The van der Waals surface area contributed by atoms with E-state index >= 15 is 0 Å². The molecule has 0 aliphatic heterocycles. The number of hydrogen-bond acceptors (Lipinski definition) is 4. The van der Waals surface area contributed by atoms with Crippen molar-refractivity contribution in [3.05, 3.63) is 6.20 Å². The predicted molar refractivity (Wildman–Crippen MR) is 54.6 cm³/mol. The third-order valence-electron chi connectivity index (χ3n) is 1.72. The summed E-state index contributed by atoms with van der Waals surface area (Å²) in [5, 5.41) is 4.15. The molecule has 0 aliphatic carbocycles. The molecule has 0 aliphatic rings. The fourth-order valence-corrected chi connectivity index (χ4v) is 1.29. The van der Waals surface area contributed by atoms with Gasteiger partial charge in [-0.15, -0.1) is 0 Å². The largest absolute Gasteiger partial charge is 0.394 e. The summed E-state index contributed by atoms with van der Waals surface area (Å²) in [6.07, 6.45) is 1.65. The van der Waals surface area contributed by atoms with Crippen LogP contribution in [0, 0.1) is 0 Å². The molecule has 0 amide bonds. The van der Waals surface area contributed by atoms with Gasteiger partial charge in [0, 0.05) is 20.1 Å². The minimum Gasteiger partial charge on any atom is -0.394 e. The van der Waals surface area contributed by atoms with Crippen molar-refractivity contribution in [2.24, 2.45) is 5.73 Å². The Morgan fingerprint density at radius 2 is 2.23 bits per heavy atom. The highest BCUT2D eigenvalue weighted by atomic mass is 15.4. The lowest BCUT2D eigenvalue weighted by atomic mass is 10.3. The molecule has 5 heteroatoms. The highest BCUT2D eigenvalue weighted by molar-refractivity contribution is 5.61. The van der Waals surface area contributed by atoms with Crippen LogP contribution in [0.2, 0.25) is 0 Å². The molecular weight excluding hydrogens is 166 g/mol. The van der Waals surface area contributed by atoms with Gasteiger partial charge in [0.25, 0.3) is 0 Å². The van der Waals surface area contributed by atoms with Crippen LogP contribution < -0.4 is 16.4 Å². The average Bonchev–Trinajstić information content (AvgIpc) is 2.30.